The van der Waals surface area contributed by atoms with E-state index in [1.165, 1.54) is 11.3 Å². The van der Waals surface area contributed by atoms with Gasteiger partial charge in [-0.1, -0.05) is 29.4 Å². The minimum absolute atomic E-state index is 0. The Balaban J connectivity index is 0.00000240. The summed E-state index contributed by atoms with van der Waals surface area (Å²) in [5.41, 5.74) is 8.50. The van der Waals surface area contributed by atoms with Crippen molar-refractivity contribution in [1.29, 1.82) is 0 Å². The molecule has 0 saturated heterocycles. The van der Waals surface area contributed by atoms with E-state index in [1.54, 1.807) is 14.2 Å². The van der Waals surface area contributed by atoms with E-state index >= 15 is 0 Å². The first-order valence-corrected chi connectivity index (χ1v) is 9.42. The Labute approximate surface area is 177 Å². The van der Waals surface area contributed by atoms with Crippen LogP contribution in [0.15, 0.2) is 28.8 Å². The molecule has 0 aliphatic heterocycles. The van der Waals surface area contributed by atoms with Gasteiger partial charge in [0.15, 0.2) is 5.82 Å². The van der Waals surface area contributed by atoms with E-state index in [9.17, 15) is 0 Å². The van der Waals surface area contributed by atoms with E-state index in [4.69, 9.17) is 19.7 Å². The lowest BCUT2D eigenvalue weighted by Gasteiger charge is -2.04. The van der Waals surface area contributed by atoms with Gasteiger partial charge in [-0.2, -0.15) is 9.97 Å². The van der Waals surface area contributed by atoms with Crippen molar-refractivity contribution in [2.24, 2.45) is 5.73 Å². The minimum Gasteiger partial charge on any atom is -0.480 e. The fourth-order valence-corrected chi connectivity index (χ4v) is 4.02. The summed E-state index contributed by atoms with van der Waals surface area (Å²) in [6, 6.07) is 7.77. The van der Waals surface area contributed by atoms with Gasteiger partial charge < -0.3 is 19.7 Å². The van der Waals surface area contributed by atoms with Gasteiger partial charge in [-0.05, 0) is 18.1 Å². The number of aromatic nitrogens is 4. The molecule has 0 amide bonds. The molecular weight excluding hydrogens is 414 g/mol. The van der Waals surface area contributed by atoms with Gasteiger partial charge in [0.2, 0.25) is 11.7 Å². The van der Waals surface area contributed by atoms with Crippen molar-refractivity contribution in [3.8, 4) is 28.0 Å². The zero-order valence-electron chi connectivity index (χ0n) is 16.1. The first-order valence-electron chi connectivity index (χ1n) is 8.61. The molecule has 0 unspecified atom stereocenters. The SMILES string of the molecule is COCc1nc(OC)c2c(C)c(-c3nc(-c4ccc(CN)cc4)no3)sc2n1.Cl. The van der Waals surface area contributed by atoms with E-state index in [-0.39, 0.29) is 12.4 Å². The topological polar surface area (TPSA) is 109 Å². The molecule has 2 N–H and O–H groups in total. The molecule has 10 heteroatoms. The van der Waals surface area contributed by atoms with Gasteiger partial charge in [0.25, 0.3) is 5.89 Å². The Morgan fingerprint density at radius 2 is 1.86 bits per heavy atom. The van der Waals surface area contributed by atoms with Crippen LogP contribution in [-0.4, -0.2) is 34.3 Å². The van der Waals surface area contributed by atoms with Crippen LogP contribution < -0.4 is 10.5 Å². The number of benzene rings is 1. The van der Waals surface area contributed by atoms with E-state index in [2.05, 4.69) is 20.1 Å². The molecule has 4 rings (SSSR count). The molecule has 0 spiro atoms. The quantitative estimate of drug-likeness (QED) is 0.489. The molecule has 152 valence electrons. The molecule has 4 aromatic rings. The Bertz CT molecular complexity index is 1130. The number of methoxy groups -OCH3 is 2. The molecule has 0 radical (unpaired) electrons. The normalized spacial score (nSPS) is 10.9. The zero-order valence-corrected chi connectivity index (χ0v) is 17.8. The van der Waals surface area contributed by atoms with Crippen molar-refractivity contribution in [3.63, 3.8) is 0 Å². The van der Waals surface area contributed by atoms with Crippen LogP contribution in [0.2, 0.25) is 0 Å². The highest BCUT2D eigenvalue weighted by atomic mass is 35.5. The number of rotatable bonds is 6. The first-order chi connectivity index (χ1) is 13.6. The van der Waals surface area contributed by atoms with Crippen LogP contribution in [0.5, 0.6) is 5.88 Å². The summed E-state index contributed by atoms with van der Waals surface area (Å²) in [7, 11) is 3.19. The number of aryl methyl sites for hydroxylation is 1. The van der Waals surface area contributed by atoms with Gasteiger partial charge in [-0.15, -0.1) is 23.7 Å². The van der Waals surface area contributed by atoms with Crippen molar-refractivity contribution >= 4 is 34.0 Å². The molecule has 29 heavy (non-hydrogen) atoms. The Morgan fingerprint density at radius 1 is 1.10 bits per heavy atom. The number of nitrogens with zero attached hydrogens (tertiary/aromatic N) is 4. The maximum atomic E-state index is 5.65. The first kappa shape index (κ1) is 21.1. The summed E-state index contributed by atoms with van der Waals surface area (Å²) >= 11 is 1.46. The summed E-state index contributed by atoms with van der Waals surface area (Å²) in [6.07, 6.45) is 0. The molecule has 3 heterocycles. The Kier molecular flexibility index (Phi) is 6.43. The second-order valence-electron chi connectivity index (χ2n) is 6.14. The summed E-state index contributed by atoms with van der Waals surface area (Å²) < 4.78 is 16.1. The third-order valence-corrected chi connectivity index (χ3v) is 5.51. The fourth-order valence-electron chi connectivity index (χ4n) is 2.91. The summed E-state index contributed by atoms with van der Waals surface area (Å²) in [4.78, 5) is 15.2. The van der Waals surface area contributed by atoms with E-state index in [1.807, 2.05) is 31.2 Å². The fraction of sp³-hybridized carbons (Fsp3) is 0.263. The van der Waals surface area contributed by atoms with Crippen LogP contribution in [0.1, 0.15) is 17.0 Å². The standard InChI is InChI=1S/C19H19N5O3S.ClH/c1-10-14-17(26-3)21-13(9-25-2)22-19(14)28-15(10)18-23-16(24-27-18)12-6-4-11(8-20)5-7-12;/h4-7H,8-9,20H2,1-3H3;1H. The number of hydrogen-bond donors (Lipinski definition) is 1. The summed E-state index contributed by atoms with van der Waals surface area (Å²) in [5.74, 6) is 2.03. The van der Waals surface area contributed by atoms with E-state index in [0.29, 0.717) is 36.6 Å². The Hall–Kier alpha value is -2.59. The molecule has 0 aliphatic rings. The number of nitrogens with two attached hydrogens (primary N) is 1. The van der Waals surface area contributed by atoms with Crippen molar-refractivity contribution in [1.82, 2.24) is 20.1 Å². The number of fused-ring (bicyclic) bond motifs is 1. The predicted molar refractivity (Wildman–Crippen MR) is 113 cm³/mol. The maximum Gasteiger partial charge on any atom is 0.268 e. The van der Waals surface area contributed by atoms with Crippen molar-refractivity contribution in [2.45, 2.75) is 20.1 Å². The van der Waals surface area contributed by atoms with Crippen LogP contribution in [0.25, 0.3) is 32.4 Å². The van der Waals surface area contributed by atoms with Gasteiger partial charge in [0.05, 0.1) is 17.4 Å². The molecule has 8 nitrogen and oxygen atoms in total. The summed E-state index contributed by atoms with van der Waals surface area (Å²) in [5, 5.41) is 4.96. The van der Waals surface area contributed by atoms with Gasteiger partial charge in [0, 0.05) is 19.2 Å². The molecule has 0 aliphatic carbocycles. The highest BCUT2D eigenvalue weighted by molar-refractivity contribution is 7.22. The summed E-state index contributed by atoms with van der Waals surface area (Å²) in [6.45, 7) is 2.77. The molecule has 1 aromatic carbocycles. The van der Waals surface area contributed by atoms with Gasteiger partial charge in [0.1, 0.15) is 11.4 Å². The van der Waals surface area contributed by atoms with Crippen molar-refractivity contribution in [2.75, 3.05) is 14.2 Å². The van der Waals surface area contributed by atoms with E-state index in [0.717, 1.165) is 31.8 Å². The number of thiophene rings is 1. The van der Waals surface area contributed by atoms with Gasteiger partial charge >= 0.3 is 0 Å². The minimum atomic E-state index is 0. The number of ether oxygens (including phenoxy) is 2. The third-order valence-electron chi connectivity index (χ3n) is 4.34. The lowest BCUT2D eigenvalue weighted by Crippen LogP contribution is -1.99. The molecule has 0 saturated carbocycles. The third kappa shape index (κ3) is 3.95. The second-order valence-corrected chi connectivity index (χ2v) is 7.14. The Morgan fingerprint density at radius 3 is 2.52 bits per heavy atom. The van der Waals surface area contributed by atoms with Crippen LogP contribution in [0.3, 0.4) is 0 Å². The number of hydrogen-bond acceptors (Lipinski definition) is 9. The van der Waals surface area contributed by atoms with Crippen LogP contribution in [0.4, 0.5) is 0 Å². The molecule has 3 aromatic heterocycles. The van der Waals surface area contributed by atoms with Crippen LogP contribution in [-0.2, 0) is 17.9 Å². The maximum absolute atomic E-state index is 5.65. The highest BCUT2D eigenvalue weighted by Crippen LogP contribution is 2.40. The molecule has 0 bridgehead atoms. The average Bonchev–Trinajstić information content (AvgIpc) is 3.33. The average molecular weight is 434 g/mol. The predicted octanol–water partition coefficient (Wildman–Crippen LogP) is 3.75. The van der Waals surface area contributed by atoms with Crippen molar-refractivity contribution in [3.05, 3.63) is 41.2 Å². The van der Waals surface area contributed by atoms with Crippen molar-refractivity contribution < 1.29 is 14.0 Å². The molecular formula is C19H20ClN5O3S. The van der Waals surface area contributed by atoms with Crippen LogP contribution in [0, 0.1) is 6.92 Å². The van der Waals surface area contributed by atoms with Gasteiger partial charge in [-0.3, -0.25) is 0 Å². The second kappa shape index (κ2) is 8.83. The number of halogens is 1. The molecule has 0 atom stereocenters. The van der Waals surface area contributed by atoms with Gasteiger partial charge in [-0.25, -0.2) is 4.98 Å². The smallest absolute Gasteiger partial charge is 0.268 e. The lowest BCUT2D eigenvalue weighted by molar-refractivity contribution is 0.177. The highest BCUT2D eigenvalue weighted by Gasteiger charge is 2.22. The zero-order chi connectivity index (χ0) is 19.7. The van der Waals surface area contributed by atoms with Crippen LogP contribution >= 0.6 is 23.7 Å². The lowest BCUT2D eigenvalue weighted by atomic mass is 10.1. The monoisotopic (exact) mass is 433 g/mol. The van der Waals surface area contributed by atoms with E-state index < -0.39 is 0 Å². The molecule has 0 fully saturated rings. The largest absolute Gasteiger partial charge is 0.480 e.